The Balaban J connectivity index is 2.05. The summed E-state index contributed by atoms with van der Waals surface area (Å²) in [6, 6.07) is 5.29. The Morgan fingerprint density at radius 1 is 1.35 bits per heavy atom. The second kappa shape index (κ2) is 6.59. The van der Waals surface area contributed by atoms with E-state index in [9.17, 15) is 9.59 Å². The van der Waals surface area contributed by atoms with Gasteiger partial charge in [0, 0.05) is 17.6 Å². The monoisotopic (exact) mass is 359 g/mol. The van der Waals surface area contributed by atoms with Gasteiger partial charge < -0.3 is 9.64 Å². The molecule has 0 atom stereocenters. The van der Waals surface area contributed by atoms with E-state index in [2.05, 4.69) is 15.9 Å². The van der Waals surface area contributed by atoms with Crippen LogP contribution in [0.5, 0.6) is 0 Å². The zero-order chi connectivity index (χ0) is 14.7. The van der Waals surface area contributed by atoms with Crippen LogP contribution in [0.2, 0.25) is 5.02 Å². The zero-order valence-corrected chi connectivity index (χ0v) is 13.4. The van der Waals surface area contributed by atoms with E-state index in [-0.39, 0.29) is 17.8 Å². The molecule has 20 heavy (non-hydrogen) atoms. The first-order valence-electron chi connectivity index (χ1n) is 6.35. The van der Waals surface area contributed by atoms with Crippen LogP contribution < -0.4 is 0 Å². The van der Waals surface area contributed by atoms with E-state index in [1.54, 1.807) is 23.1 Å². The molecule has 0 saturated carbocycles. The molecule has 1 heterocycles. The van der Waals surface area contributed by atoms with Gasteiger partial charge in [0.25, 0.3) is 5.91 Å². The molecule has 2 rings (SSSR count). The summed E-state index contributed by atoms with van der Waals surface area (Å²) >= 11 is 9.45. The summed E-state index contributed by atoms with van der Waals surface area (Å²) in [6.07, 6.45) is 1.26. The average molecular weight is 361 g/mol. The molecule has 4 nitrogen and oxygen atoms in total. The lowest BCUT2D eigenvalue weighted by Gasteiger charge is -2.31. The molecule has 1 saturated heterocycles. The van der Waals surface area contributed by atoms with Gasteiger partial charge in [-0.15, -0.1) is 0 Å². The summed E-state index contributed by atoms with van der Waals surface area (Å²) in [6.45, 7) is 1.09. The van der Waals surface area contributed by atoms with Crippen molar-refractivity contribution >= 4 is 39.4 Å². The normalized spacial score (nSPS) is 16.1. The fraction of sp³-hybridized carbons (Fsp3) is 0.429. The Kier molecular flexibility index (Phi) is 5.05. The van der Waals surface area contributed by atoms with Gasteiger partial charge in [0.1, 0.15) is 0 Å². The highest BCUT2D eigenvalue weighted by atomic mass is 79.9. The van der Waals surface area contributed by atoms with Gasteiger partial charge >= 0.3 is 5.97 Å². The third-order valence-electron chi connectivity index (χ3n) is 3.50. The largest absolute Gasteiger partial charge is 0.469 e. The SMILES string of the molecule is COC(=O)C1CCN(C(=O)c2cccc(Br)c2Cl)CC1. The Morgan fingerprint density at radius 2 is 2.00 bits per heavy atom. The third kappa shape index (κ3) is 3.15. The van der Waals surface area contributed by atoms with E-state index in [4.69, 9.17) is 16.3 Å². The first-order chi connectivity index (χ1) is 9.54. The number of amides is 1. The highest BCUT2D eigenvalue weighted by molar-refractivity contribution is 9.10. The number of piperidine rings is 1. The van der Waals surface area contributed by atoms with Crippen molar-refractivity contribution in [1.29, 1.82) is 0 Å². The Hall–Kier alpha value is -1.07. The standard InChI is InChI=1S/C14H15BrClNO3/c1-20-14(19)9-5-7-17(8-6-9)13(18)10-3-2-4-11(15)12(10)16/h2-4,9H,5-8H2,1H3. The van der Waals surface area contributed by atoms with Crippen LogP contribution in [0, 0.1) is 5.92 Å². The van der Waals surface area contributed by atoms with Crippen LogP contribution in [0.15, 0.2) is 22.7 Å². The fourth-order valence-corrected chi connectivity index (χ4v) is 2.90. The van der Waals surface area contributed by atoms with Gasteiger partial charge in [0.05, 0.1) is 23.6 Å². The van der Waals surface area contributed by atoms with Crippen molar-refractivity contribution in [2.45, 2.75) is 12.8 Å². The van der Waals surface area contributed by atoms with Crippen molar-refractivity contribution in [3.63, 3.8) is 0 Å². The molecule has 0 aromatic heterocycles. The van der Waals surface area contributed by atoms with Gasteiger partial charge in [-0.25, -0.2) is 0 Å². The lowest BCUT2D eigenvalue weighted by molar-refractivity contribution is -0.146. The molecular weight excluding hydrogens is 346 g/mol. The lowest BCUT2D eigenvalue weighted by Crippen LogP contribution is -2.40. The smallest absolute Gasteiger partial charge is 0.308 e. The number of esters is 1. The van der Waals surface area contributed by atoms with Crippen LogP contribution in [0.1, 0.15) is 23.2 Å². The predicted octanol–water partition coefficient (Wildman–Crippen LogP) is 3.13. The first-order valence-corrected chi connectivity index (χ1v) is 7.52. The number of halogens is 2. The van der Waals surface area contributed by atoms with Crippen LogP contribution in [-0.4, -0.2) is 37.0 Å². The van der Waals surface area contributed by atoms with Crippen molar-refractivity contribution in [3.05, 3.63) is 33.3 Å². The Morgan fingerprint density at radius 3 is 2.60 bits per heavy atom. The summed E-state index contributed by atoms with van der Waals surface area (Å²) in [5.74, 6) is -0.403. The van der Waals surface area contributed by atoms with E-state index in [0.29, 0.717) is 41.0 Å². The van der Waals surface area contributed by atoms with Crippen molar-refractivity contribution in [3.8, 4) is 0 Å². The number of ether oxygens (including phenoxy) is 1. The maximum Gasteiger partial charge on any atom is 0.308 e. The number of carbonyl (C=O) groups is 2. The van der Waals surface area contributed by atoms with E-state index in [0.717, 1.165) is 0 Å². The molecule has 1 aromatic carbocycles. The van der Waals surface area contributed by atoms with Crippen molar-refractivity contribution < 1.29 is 14.3 Å². The van der Waals surface area contributed by atoms with Crippen LogP contribution >= 0.6 is 27.5 Å². The second-order valence-electron chi connectivity index (χ2n) is 4.69. The number of carbonyl (C=O) groups excluding carboxylic acids is 2. The molecule has 0 N–H and O–H groups in total. The maximum atomic E-state index is 12.4. The number of rotatable bonds is 2. The van der Waals surface area contributed by atoms with Gasteiger partial charge in [0.2, 0.25) is 0 Å². The number of hydrogen-bond acceptors (Lipinski definition) is 3. The minimum absolute atomic E-state index is 0.0976. The quantitative estimate of drug-likeness (QED) is 0.761. The van der Waals surface area contributed by atoms with Gasteiger partial charge in [-0.05, 0) is 40.9 Å². The molecule has 1 amide bonds. The number of methoxy groups -OCH3 is 1. The van der Waals surface area contributed by atoms with Crippen molar-refractivity contribution in [2.24, 2.45) is 5.92 Å². The second-order valence-corrected chi connectivity index (χ2v) is 5.92. The summed E-state index contributed by atoms with van der Waals surface area (Å²) in [5.41, 5.74) is 0.484. The molecule has 0 radical (unpaired) electrons. The van der Waals surface area contributed by atoms with Crippen LogP contribution in [0.4, 0.5) is 0 Å². The molecule has 1 aromatic rings. The number of likely N-dealkylation sites (tertiary alicyclic amines) is 1. The van der Waals surface area contributed by atoms with Gasteiger partial charge in [0.15, 0.2) is 0 Å². The summed E-state index contributed by atoms with van der Waals surface area (Å²) < 4.78 is 5.44. The van der Waals surface area contributed by atoms with Crippen molar-refractivity contribution in [1.82, 2.24) is 4.90 Å². The molecule has 1 aliphatic heterocycles. The summed E-state index contributed by atoms with van der Waals surface area (Å²) in [4.78, 5) is 25.6. The summed E-state index contributed by atoms with van der Waals surface area (Å²) in [7, 11) is 1.39. The number of benzene rings is 1. The molecule has 0 spiro atoms. The Bertz CT molecular complexity index is 527. The first kappa shape index (κ1) is 15.3. The molecule has 108 valence electrons. The molecule has 0 unspecified atom stereocenters. The average Bonchev–Trinajstić information content (AvgIpc) is 2.48. The van der Waals surface area contributed by atoms with E-state index in [1.807, 2.05) is 0 Å². The molecule has 0 bridgehead atoms. The van der Waals surface area contributed by atoms with Crippen LogP contribution in [0.25, 0.3) is 0 Å². The topological polar surface area (TPSA) is 46.6 Å². The highest BCUT2D eigenvalue weighted by Gasteiger charge is 2.29. The maximum absolute atomic E-state index is 12.4. The molecule has 6 heteroatoms. The zero-order valence-electron chi connectivity index (χ0n) is 11.1. The lowest BCUT2D eigenvalue weighted by atomic mass is 9.96. The van der Waals surface area contributed by atoms with Crippen LogP contribution in [-0.2, 0) is 9.53 Å². The third-order valence-corrected chi connectivity index (χ3v) is 4.79. The van der Waals surface area contributed by atoms with Crippen LogP contribution in [0.3, 0.4) is 0 Å². The van der Waals surface area contributed by atoms with E-state index in [1.165, 1.54) is 7.11 Å². The molecular formula is C14H15BrClNO3. The fourth-order valence-electron chi connectivity index (χ4n) is 2.32. The molecule has 1 fully saturated rings. The minimum Gasteiger partial charge on any atom is -0.469 e. The highest BCUT2D eigenvalue weighted by Crippen LogP contribution is 2.28. The number of hydrogen-bond donors (Lipinski definition) is 0. The van der Waals surface area contributed by atoms with Gasteiger partial charge in [-0.1, -0.05) is 17.7 Å². The molecule has 0 aliphatic carbocycles. The number of nitrogens with zero attached hydrogens (tertiary/aromatic N) is 1. The predicted molar refractivity (Wildman–Crippen MR) is 79.8 cm³/mol. The van der Waals surface area contributed by atoms with Gasteiger partial charge in [-0.2, -0.15) is 0 Å². The Labute approximate surface area is 131 Å². The van der Waals surface area contributed by atoms with E-state index >= 15 is 0 Å². The van der Waals surface area contributed by atoms with E-state index < -0.39 is 0 Å². The molecule has 1 aliphatic rings. The van der Waals surface area contributed by atoms with Gasteiger partial charge in [-0.3, -0.25) is 9.59 Å². The minimum atomic E-state index is -0.197. The van der Waals surface area contributed by atoms with Crippen molar-refractivity contribution in [2.75, 3.05) is 20.2 Å². The summed E-state index contributed by atoms with van der Waals surface area (Å²) in [5, 5.41) is 0.424.